The van der Waals surface area contributed by atoms with Gasteiger partial charge >= 0.3 is 0 Å². The number of hydrogen-bond donors (Lipinski definition) is 1. The molecule has 19 heavy (non-hydrogen) atoms. The van der Waals surface area contributed by atoms with Crippen LogP contribution in [-0.4, -0.2) is 6.54 Å². The predicted octanol–water partition coefficient (Wildman–Crippen LogP) is 4.11. The molecule has 1 aliphatic heterocycles. The third-order valence-electron chi connectivity index (χ3n) is 3.69. The Kier molecular flexibility index (Phi) is 5.62. The van der Waals surface area contributed by atoms with Gasteiger partial charge < -0.3 is 10.1 Å². The van der Waals surface area contributed by atoms with E-state index in [2.05, 4.69) is 37.0 Å². The summed E-state index contributed by atoms with van der Waals surface area (Å²) < 4.78 is 5.50. The van der Waals surface area contributed by atoms with Crippen LogP contribution in [0.4, 0.5) is 0 Å². The molecule has 1 aliphatic rings. The van der Waals surface area contributed by atoms with E-state index in [0.29, 0.717) is 6.04 Å². The maximum absolute atomic E-state index is 5.50. The number of ether oxygens (including phenoxy) is 1. The minimum Gasteiger partial charge on any atom is -0.372 e. The van der Waals surface area contributed by atoms with Gasteiger partial charge in [-0.25, -0.2) is 0 Å². The van der Waals surface area contributed by atoms with Crippen molar-refractivity contribution in [3.63, 3.8) is 0 Å². The fraction of sp³-hybridized carbons (Fsp3) is 0.529. The second-order valence-corrected chi connectivity index (χ2v) is 5.25. The average molecular weight is 259 g/mol. The van der Waals surface area contributed by atoms with E-state index < -0.39 is 0 Å². The Morgan fingerprint density at radius 3 is 3.00 bits per heavy atom. The van der Waals surface area contributed by atoms with Crippen molar-refractivity contribution in [1.82, 2.24) is 5.32 Å². The number of rotatable bonds is 8. The summed E-state index contributed by atoms with van der Waals surface area (Å²) in [5, 5.41) is 3.66. The van der Waals surface area contributed by atoms with Gasteiger partial charge in [0.2, 0.25) is 0 Å². The molecule has 1 N–H and O–H groups in total. The molecule has 0 aromatic heterocycles. The third-order valence-corrected chi connectivity index (χ3v) is 3.69. The van der Waals surface area contributed by atoms with E-state index in [1.54, 1.807) is 0 Å². The van der Waals surface area contributed by atoms with E-state index in [9.17, 15) is 0 Å². The van der Waals surface area contributed by atoms with E-state index in [0.717, 1.165) is 26.2 Å². The van der Waals surface area contributed by atoms with Crippen LogP contribution in [0.3, 0.4) is 0 Å². The van der Waals surface area contributed by atoms with Crippen LogP contribution in [0.15, 0.2) is 30.9 Å². The lowest BCUT2D eigenvalue weighted by atomic mass is 9.97. The lowest BCUT2D eigenvalue weighted by molar-refractivity contribution is 0.134. The SMILES string of the molecule is C=CCCCC(NCCC)c1ccc2c(c1)COC2. The molecular weight excluding hydrogens is 234 g/mol. The van der Waals surface area contributed by atoms with Crippen molar-refractivity contribution in [2.45, 2.75) is 51.9 Å². The Bertz CT molecular complexity index is 414. The van der Waals surface area contributed by atoms with Gasteiger partial charge in [-0.1, -0.05) is 31.2 Å². The molecule has 0 radical (unpaired) electrons. The van der Waals surface area contributed by atoms with Crippen LogP contribution in [0.5, 0.6) is 0 Å². The standard InChI is InChI=1S/C17H25NO/c1-3-5-6-7-17(18-10-4-2)14-8-9-15-12-19-13-16(15)11-14/h3,8-9,11,17-18H,1,4-7,10,12-13H2,2H3. The molecule has 1 atom stereocenters. The van der Waals surface area contributed by atoms with Gasteiger partial charge in [0.25, 0.3) is 0 Å². The molecule has 1 unspecified atom stereocenters. The number of hydrogen-bond acceptors (Lipinski definition) is 2. The van der Waals surface area contributed by atoms with E-state index in [1.807, 2.05) is 6.08 Å². The molecule has 1 aromatic carbocycles. The van der Waals surface area contributed by atoms with Crippen molar-refractivity contribution in [1.29, 1.82) is 0 Å². The zero-order chi connectivity index (χ0) is 13.5. The van der Waals surface area contributed by atoms with E-state index in [-0.39, 0.29) is 0 Å². The van der Waals surface area contributed by atoms with E-state index in [4.69, 9.17) is 4.74 Å². The summed E-state index contributed by atoms with van der Waals surface area (Å²) in [7, 11) is 0. The first-order valence-electron chi connectivity index (χ1n) is 7.39. The van der Waals surface area contributed by atoms with Crippen LogP contribution in [0.2, 0.25) is 0 Å². The number of benzene rings is 1. The lowest BCUT2D eigenvalue weighted by Crippen LogP contribution is -2.22. The van der Waals surface area contributed by atoms with Crippen molar-refractivity contribution in [3.8, 4) is 0 Å². The summed E-state index contributed by atoms with van der Waals surface area (Å²) in [6.07, 6.45) is 6.64. The van der Waals surface area contributed by atoms with Crippen LogP contribution in [0, 0.1) is 0 Å². The van der Waals surface area contributed by atoms with Gasteiger partial charge in [0, 0.05) is 6.04 Å². The second-order valence-electron chi connectivity index (χ2n) is 5.25. The largest absolute Gasteiger partial charge is 0.372 e. The van der Waals surface area contributed by atoms with Crippen LogP contribution < -0.4 is 5.32 Å². The molecule has 0 saturated heterocycles. The van der Waals surface area contributed by atoms with Crippen LogP contribution in [0.25, 0.3) is 0 Å². The summed E-state index contributed by atoms with van der Waals surface area (Å²) in [5.74, 6) is 0. The van der Waals surface area contributed by atoms with Gasteiger partial charge in [-0.2, -0.15) is 0 Å². The third kappa shape index (κ3) is 3.92. The first-order chi connectivity index (χ1) is 9.35. The highest BCUT2D eigenvalue weighted by Crippen LogP contribution is 2.26. The molecule has 0 saturated carbocycles. The number of nitrogens with one attached hydrogen (secondary N) is 1. The molecule has 1 heterocycles. The van der Waals surface area contributed by atoms with E-state index >= 15 is 0 Å². The van der Waals surface area contributed by atoms with Gasteiger partial charge in [-0.05, 0) is 48.9 Å². The minimum atomic E-state index is 0.464. The fourth-order valence-electron chi connectivity index (χ4n) is 2.58. The Morgan fingerprint density at radius 1 is 1.37 bits per heavy atom. The molecule has 1 aromatic rings. The highest BCUT2D eigenvalue weighted by molar-refractivity contribution is 5.34. The summed E-state index contributed by atoms with van der Waals surface area (Å²) in [6.45, 7) is 8.64. The van der Waals surface area contributed by atoms with Gasteiger partial charge in [-0.15, -0.1) is 6.58 Å². The normalized spacial score (nSPS) is 15.2. The molecule has 0 fully saturated rings. The first kappa shape index (κ1) is 14.3. The topological polar surface area (TPSA) is 21.3 Å². The Labute approximate surface area is 116 Å². The molecule has 2 heteroatoms. The smallest absolute Gasteiger partial charge is 0.0725 e. The van der Waals surface area contributed by atoms with Crippen LogP contribution in [0.1, 0.15) is 55.3 Å². The molecular formula is C17H25NO. The van der Waals surface area contributed by atoms with Gasteiger partial charge in [0.15, 0.2) is 0 Å². The van der Waals surface area contributed by atoms with Gasteiger partial charge in [0.05, 0.1) is 13.2 Å². The van der Waals surface area contributed by atoms with Crippen molar-refractivity contribution in [2.24, 2.45) is 0 Å². The molecule has 0 spiro atoms. The first-order valence-corrected chi connectivity index (χ1v) is 7.39. The maximum Gasteiger partial charge on any atom is 0.0725 e. The zero-order valence-corrected chi connectivity index (χ0v) is 12.0. The number of unbranched alkanes of at least 4 members (excludes halogenated alkanes) is 1. The van der Waals surface area contributed by atoms with Crippen LogP contribution >= 0.6 is 0 Å². The molecule has 0 bridgehead atoms. The summed E-state index contributed by atoms with van der Waals surface area (Å²) in [6, 6.07) is 7.27. The predicted molar refractivity (Wildman–Crippen MR) is 80.0 cm³/mol. The van der Waals surface area contributed by atoms with Crippen molar-refractivity contribution in [3.05, 3.63) is 47.5 Å². The Hall–Kier alpha value is -1.12. The maximum atomic E-state index is 5.50. The van der Waals surface area contributed by atoms with Crippen LogP contribution in [-0.2, 0) is 18.0 Å². The fourth-order valence-corrected chi connectivity index (χ4v) is 2.58. The molecule has 2 rings (SSSR count). The lowest BCUT2D eigenvalue weighted by Gasteiger charge is -2.19. The zero-order valence-electron chi connectivity index (χ0n) is 12.0. The number of fused-ring (bicyclic) bond motifs is 1. The van der Waals surface area contributed by atoms with Gasteiger partial charge in [0.1, 0.15) is 0 Å². The molecule has 0 amide bonds. The van der Waals surface area contributed by atoms with Crippen molar-refractivity contribution < 1.29 is 4.74 Å². The minimum absolute atomic E-state index is 0.464. The number of allylic oxidation sites excluding steroid dienone is 1. The molecule has 104 valence electrons. The summed E-state index contributed by atoms with van der Waals surface area (Å²) in [5.41, 5.74) is 4.12. The quantitative estimate of drug-likeness (QED) is 0.560. The van der Waals surface area contributed by atoms with Gasteiger partial charge in [-0.3, -0.25) is 0 Å². The second kappa shape index (κ2) is 7.46. The molecule has 0 aliphatic carbocycles. The highest BCUT2D eigenvalue weighted by Gasteiger charge is 2.15. The van der Waals surface area contributed by atoms with Crippen molar-refractivity contribution >= 4 is 0 Å². The average Bonchev–Trinajstić information content (AvgIpc) is 2.90. The highest BCUT2D eigenvalue weighted by atomic mass is 16.5. The Morgan fingerprint density at radius 2 is 2.21 bits per heavy atom. The summed E-state index contributed by atoms with van der Waals surface area (Å²) >= 11 is 0. The van der Waals surface area contributed by atoms with Crippen molar-refractivity contribution in [2.75, 3.05) is 6.54 Å². The Balaban J connectivity index is 2.05. The van der Waals surface area contributed by atoms with E-state index in [1.165, 1.54) is 36.0 Å². The summed E-state index contributed by atoms with van der Waals surface area (Å²) in [4.78, 5) is 0. The molecule has 2 nitrogen and oxygen atoms in total. The monoisotopic (exact) mass is 259 g/mol.